The van der Waals surface area contributed by atoms with E-state index in [9.17, 15) is 9.90 Å². The fourth-order valence-corrected chi connectivity index (χ4v) is 5.85. The van der Waals surface area contributed by atoms with E-state index in [2.05, 4.69) is 45.8 Å². The first-order valence-corrected chi connectivity index (χ1v) is 12.2. The molecule has 1 unspecified atom stereocenters. The number of aliphatic hydroxyl groups excluding tert-OH is 1. The van der Waals surface area contributed by atoms with Gasteiger partial charge in [0.05, 0.1) is 12.3 Å². The van der Waals surface area contributed by atoms with Crippen LogP contribution in [0.4, 0.5) is 0 Å². The largest absolute Gasteiger partial charge is 0.390 e. The number of hydrogen-bond donors (Lipinski definition) is 1. The van der Waals surface area contributed by atoms with Crippen LogP contribution >= 0.6 is 11.3 Å². The number of rotatable bonds is 5. The number of carbonyl (C=O) groups excluding carboxylic acids is 1. The minimum Gasteiger partial charge on any atom is -0.390 e. The molecule has 0 amide bonds. The summed E-state index contributed by atoms with van der Waals surface area (Å²) in [7, 11) is 0. The second-order valence-corrected chi connectivity index (χ2v) is 9.83. The third kappa shape index (κ3) is 3.56. The van der Waals surface area contributed by atoms with Crippen molar-refractivity contribution in [3.8, 4) is 0 Å². The molecule has 0 aliphatic carbocycles. The number of ketones is 1. The first-order valence-electron chi connectivity index (χ1n) is 11.3. The van der Waals surface area contributed by atoms with Gasteiger partial charge in [0, 0.05) is 46.6 Å². The van der Waals surface area contributed by atoms with E-state index in [0.717, 1.165) is 38.7 Å². The quantitative estimate of drug-likeness (QED) is 0.377. The van der Waals surface area contributed by atoms with Gasteiger partial charge in [-0.15, -0.1) is 11.3 Å². The summed E-state index contributed by atoms with van der Waals surface area (Å²) < 4.78 is 3.12. The van der Waals surface area contributed by atoms with Crippen molar-refractivity contribution >= 4 is 38.0 Å². The maximum Gasteiger partial charge on any atom is 0.165 e. The number of Topliss-reactive ketones (excluding diaryl/α,β-unsaturated/α-hetero) is 1. The molecule has 0 saturated heterocycles. The summed E-state index contributed by atoms with van der Waals surface area (Å²) in [5, 5.41) is 19.8. The van der Waals surface area contributed by atoms with Crippen LogP contribution in [0, 0.1) is 0 Å². The summed E-state index contributed by atoms with van der Waals surface area (Å²) >= 11 is 1.69. The minimum atomic E-state index is -0.312. The number of pyridine rings is 1. The molecule has 6 rings (SSSR count). The van der Waals surface area contributed by atoms with Gasteiger partial charge in [-0.2, -0.15) is 5.10 Å². The standard InChI is InChI=1S/C28H23N3O2S/c1-17-10-24-14-23(16-32)30-31(24)28(21-5-4-19-7-9-34-26(19)13-21)27(17)25(33)12-18-2-3-22-15-29-8-6-20(22)11-18/h2-9,11,13-15,28,32H,10,12,16H2,1H3. The van der Waals surface area contributed by atoms with E-state index in [4.69, 9.17) is 0 Å². The van der Waals surface area contributed by atoms with E-state index in [-0.39, 0.29) is 18.4 Å². The molecule has 5 aromatic rings. The molecular weight excluding hydrogens is 442 g/mol. The van der Waals surface area contributed by atoms with E-state index < -0.39 is 0 Å². The van der Waals surface area contributed by atoms with Crippen molar-refractivity contribution in [2.45, 2.75) is 32.4 Å². The predicted octanol–water partition coefficient (Wildman–Crippen LogP) is 5.41. The van der Waals surface area contributed by atoms with Crippen LogP contribution in [0.15, 0.2) is 83.5 Å². The lowest BCUT2D eigenvalue weighted by Gasteiger charge is -2.29. The van der Waals surface area contributed by atoms with Gasteiger partial charge in [-0.05, 0) is 58.5 Å². The molecule has 6 heteroatoms. The number of aliphatic hydroxyl groups is 1. The highest BCUT2D eigenvalue weighted by molar-refractivity contribution is 7.17. The zero-order valence-corrected chi connectivity index (χ0v) is 19.5. The predicted molar refractivity (Wildman–Crippen MR) is 135 cm³/mol. The Hall–Kier alpha value is -3.61. The van der Waals surface area contributed by atoms with E-state index in [1.807, 2.05) is 42.1 Å². The number of hydrogen-bond acceptors (Lipinski definition) is 5. The zero-order valence-electron chi connectivity index (χ0n) is 18.7. The lowest BCUT2D eigenvalue weighted by Crippen LogP contribution is -2.28. The third-order valence-corrected chi connectivity index (χ3v) is 7.50. The van der Waals surface area contributed by atoms with Crippen molar-refractivity contribution in [2.24, 2.45) is 0 Å². The van der Waals surface area contributed by atoms with E-state index >= 15 is 0 Å². The molecule has 1 N–H and O–H groups in total. The molecular formula is C28H23N3O2S. The van der Waals surface area contributed by atoms with Crippen molar-refractivity contribution in [3.05, 3.63) is 106 Å². The Bertz CT molecular complexity index is 1590. The summed E-state index contributed by atoms with van der Waals surface area (Å²) in [4.78, 5) is 18.0. The maximum absolute atomic E-state index is 13.8. The molecule has 1 atom stereocenters. The molecule has 2 aromatic carbocycles. The van der Waals surface area contributed by atoms with Crippen LogP contribution in [-0.4, -0.2) is 25.7 Å². The molecule has 168 valence electrons. The van der Waals surface area contributed by atoms with E-state index in [1.165, 1.54) is 10.1 Å². The molecule has 0 spiro atoms. The topological polar surface area (TPSA) is 68.0 Å². The minimum absolute atomic E-state index is 0.105. The van der Waals surface area contributed by atoms with Gasteiger partial charge in [0.2, 0.25) is 0 Å². The van der Waals surface area contributed by atoms with Gasteiger partial charge in [-0.25, -0.2) is 0 Å². The normalized spacial score (nSPS) is 15.8. The zero-order chi connectivity index (χ0) is 23.2. The fraction of sp³-hybridized carbons (Fsp3) is 0.179. The molecule has 1 aliphatic rings. The van der Waals surface area contributed by atoms with Crippen molar-refractivity contribution in [2.75, 3.05) is 0 Å². The van der Waals surface area contributed by atoms with Crippen LogP contribution in [-0.2, 0) is 24.2 Å². The van der Waals surface area contributed by atoms with Gasteiger partial charge in [-0.1, -0.05) is 35.9 Å². The molecule has 34 heavy (non-hydrogen) atoms. The van der Waals surface area contributed by atoms with Crippen molar-refractivity contribution in [1.82, 2.24) is 14.8 Å². The highest BCUT2D eigenvalue weighted by atomic mass is 32.1. The Morgan fingerprint density at radius 1 is 1.09 bits per heavy atom. The van der Waals surface area contributed by atoms with Crippen LogP contribution in [0.1, 0.15) is 35.5 Å². The third-order valence-electron chi connectivity index (χ3n) is 6.62. The molecule has 0 saturated carbocycles. The summed E-state index contributed by atoms with van der Waals surface area (Å²) in [6.45, 7) is 1.93. The molecule has 3 aromatic heterocycles. The molecule has 5 nitrogen and oxygen atoms in total. The molecule has 0 fully saturated rings. The van der Waals surface area contributed by atoms with Crippen LogP contribution in [0.5, 0.6) is 0 Å². The summed E-state index contributed by atoms with van der Waals surface area (Å²) in [5.41, 5.74) is 5.53. The number of aromatic nitrogens is 3. The SMILES string of the molecule is CC1=C(C(=O)Cc2ccc3cnccc3c2)C(c2ccc3ccsc3c2)n2nc(CO)cc2C1. The van der Waals surface area contributed by atoms with Crippen LogP contribution in [0.25, 0.3) is 20.9 Å². The van der Waals surface area contributed by atoms with Crippen molar-refractivity contribution in [1.29, 1.82) is 0 Å². The molecule has 0 radical (unpaired) electrons. The lowest BCUT2D eigenvalue weighted by atomic mass is 9.85. The maximum atomic E-state index is 13.8. The van der Waals surface area contributed by atoms with Gasteiger partial charge >= 0.3 is 0 Å². The van der Waals surface area contributed by atoms with Crippen LogP contribution in [0.2, 0.25) is 0 Å². The van der Waals surface area contributed by atoms with Gasteiger partial charge in [0.15, 0.2) is 5.78 Å². The number of nitrogens with zero attached hydrogens (tertiary/aromatic N) is 3. The Morgan fingerprint density at radius 2 is 1.97 bits per heavy atom. The van der Waals surface area contributed by atoms with Gasteiger partial charge in [0.1, 0.15) is 6.04 Å². The average molecular weight is 466 g/mol. The molecule has 1 aliphatic heterocycles. The number of allylic oxidation sites excluding steroid dienone is 2. The highest BCUT2D eigenvalue weighted by Crippen LogP contribution is 2.38. The monoisotopic (exact) mass is 465 g/mol. The Kier molecular flexibility index (Phi) is 5.12. The lowest BCUT2D eigenvalue weighted by molar-refractivity contribution is -0.115. The number of fused-ring (bicyclic) bond motifs is 3. The van der Waals surface area contributed by atoms with Crippen molar-refractivity contribution < 1.29 is 9.90 Å². The fourth-order valence-electron chi connectivity index (χ4n) is 5.01. The van der Waals surface area contributed by atoms with Crippen LogP contribution < -0.4 is 0 Å². The molecule has 0 bridgehead atoms. The van der Waals surface area contributed by atoms with Crippen LogP contribution in [0.3, 0.4) is 0 Å². The van der Waals surface area contributed by atoms with E-state index in [1.54, 1.807) is 17.5 Å². The van der Waals surface area contributed by atoms with Gasteiger partial charge < -0.3 is 5.11 Å². The highest BCUT2D eigenvalue weighted by Gasteiger charge is 2.33. The van der Waals surface area contributed by atoms with Gasteiger partial charge in [-0.3, -0.25) is 14.5 Å². The van der Waals surface area contributed by atoms with Crippen molar-refractivity contribution in [3.63, 3.8) is 0 Å². The van der Waals surface area contributed by atoms with Gasteiger partial charge in [0.25, 0.3) is 0 Å². The summed E-state index contributed by atoms with van der Waals surface area (Å²) in [6.07, 6.45) is 4.58. The second kappa shape index (κ2) is 8.31. The average Bonchev–Trinajstić information content (AvgIpc) is 3.49. The number of thiophene rings is 1. The Balaban J connectivity index is 1.44. The number of benzene rings is 2. The number of carbonyl (C=O) groups is 1. The second-order valence-electron chi connectivity index (χ2n) is 8.88. The molecule has 4 heterocycles. The Morgan fingerprint density at radius 3 is 2.85 bits per heavy atom. The first-order chi connectivity index (χ1) is 16.6. The summed E-state index contributed by atoms with van der Waals surface area (Å²) in [5.74, 6) is 0.105. The van der Waals surface area contributed by atoms with E-state index in [0.29, 0.717) is 18.5 Å². The first kappa shape index (κ1) is 21.0. The Labute approximate surface area is 201 Å². The smallest absolute Gasteiger partial charge is 0.165 e. The summed E-state index contributed by atoms with van der Waals surface area (Å²) in [6, 6.07) is 18.2.